The summed E-state index contributed by atoms with van der Waals surface area (Å²) in [7, 11) is 1.52. The highest BCUT2D eigenvalue weighted by molar-refractivity contribution is 7.09. The normalized spacial score (nSPS) is 10.7. The second kappa shape index (κ2) is 8.63. The van der Waals surface area contributed by atoms with Crippen molar-refractivity contribution < 1.29 is 19.4 Å². The van der Waals surface area contributed by atoms with Gasteiger partial charge in [0.05, 0.1) is 13.2 Å². The van der Waals surface area contributed by atoms with E-state index in [0.717, 1.165) is 4.88 Å². The average Bonchev–Trinajstić information content (AvgIpc) is 2.92. The number of nitrogens with zero attached hydrogens (tertiary/aromatic N) is 2. The van der Waals surface area contributed by atoms with Crippen molar-refractivity contribution in [2.24, 2.45) is 0 Å². The van der Waals surface area contributed by atoms with Crippen LogP contribution in [0.25, 0.3) is 0 Å². The number of urea groups is 1. The van der Waals surface area contributed by atoms with Crippen LogP contribution in [0.15, 0.2) is 17.5 Å². The van der Waals surface area contributed by atoms with Gasteiger partial charge < -0.3 is 19.6 Å². The largest absolute Gasteiger partial charge is 0.480 e. The first-order chi connectivity index (χ1) is 9.95. The van der Waals surface area contributed by atoms with Crippen LogP contribution in [-0.2, 0) is 16.1 Å². The van der Waals surface area contributed by atoms with Crippen molar-refractivity contribution in [3.05, 3.63) is 22.4 Å². The van der Waals surface area contributed by atoms with Gasteiger partial charge in [-0.05, 0) is 25.3 Å². The SMILES string of the molecule is COCCN(CC(=O)O)C(=O)N(Cc1cccs1)C(C)C. The fourth-order valence-corrected chi connectivity index (χ4v) is 2.53. The van der Waals surface area contributed by atoms with Crippen LogP contribution in [0, 0.1) is 0 Å². The number of methoxy groups -OCH3 is 1. The summed E-state index contributed by atoms with van der Waals surface area (Å²) in [4.78, 5) is 27.6. The number of rotatable bonds is 8. The van der Waals surface area contributed by atoms with E-state index < -0.39 is 5.97 Å². The molecule has 0 aromatic carbocycles. The predicted octanol–water partition coefficient (Wildman–Crippen LogP) is 2.11. The molecule has 0 unspecified atom stereocenters. The third kappa shape index (κ3) is 5.73. The van der Waals surface area contributed by atoms with E-state index in [1.807, 2.05) is 31.4 Å². The number of thiophene rings is 1. The van der Waals surface area contributed by atoms with Crippen LogP contribution in [0.1, 0.15) is 18.7 Å². The van der Waals surface area contributed by atoms with Gasteiger partial charge >= 0.3 is 12.0 Å². The Morgan fingerprint density at radius 2 is 2.14 bits per heavy atom. The summed E-state index contributed by atoms with van der Waals surface area (Å²) in [5.41, 5.74) is 0. The van der Waals surface area contributed by atoms with E-state index in [4.69, 9.17) is 9.84 Å². The second-order valence-corrected chi connectivity index (χ2v) is 5.92. The Bertz CT molecular complexity index is 448. The van der Waals surface area contributed by atoms with Crippen molar-refractivity contribution in [3.63, 3.8) is 0 Å². The molecule has 1 heterocycles. The molecule has 2 amide bonds. The monoisotopic (exact) mass is 314 g/mol. The maximum atomic E-state index is 12.6. The summed E-state index contributed by atoms with van der Waals surface area (Å²) in [6, 6.07) is 3.60. The molecule has 0 aliphatic carbocycles. The Hall–Kier alpha value is -1.60. The summed E-state index contributed by atoms with van der Waals surface area (Å²) in [5.74, 6) is -1.03. The minimum Gasteiger partial charge on any atom is -0.480 e. The Morgan fingerprint density at radius 3 is 2.62 bits per heavy atom. The lowest BCUT2D eigenvalue weighted by molar-refractivity contribution is -0.137. The van der Waals surface area contributed by atoms with Gasteiger partial charge in [0.15, 0.2) is 0 Å². The topological polar surface area (TPSA) is 70.1 Å². The van der Waals surface area contributed by atoms with E-state index in [0.29, 0.717) is 13.2 Å². The van der Waals surface area contributed by atoms with Crippen LogP contribution in [0.2, 0.25) is 0 Å². The predicted molar refractivity (Wildman–Crippen MR) is 81.5 cm³/mol. The Morgan fingerprint density at radius 1 is 1.43 bits per heavy atom. The average molecular weight is 314 g/mol. The van der Waals surface area contributed by atoms with Crippen molar-refractivity contribution >= 4 is 23.3 Å². The maximum absolute atomic E-state index is 12.6. The molecule has 0 radical (unpaired) electrons. The third-order valence-corrected chi connectivity index (χ3v) is 3.80. The molecule has 1 rings (SSSR count). The maximum Gasteiger partial charge on any atom is 0.323 e. The molecule has 118 valence electrons. The summed E-state index contributed by atoms with van der Waals surface area (Å²) in [6.07, 6.45) is 0. The molecular weight excluding hydrogens is 292 g/mol. The van der Waals surface area contributed by atoms with E-state index in [9.17, 15) is 9.59 Å². The Balaban J connectivity index is 2.81. The number of hydrogen-bond acceptors (Lipinski definition) is 4. The number of carboxylic acid groups (broad SMARTS) is 1. The highest BCUT2D eigenvalue weighted by Gasteiger charge is 2.25. The van der Waals surface area contributed by atoms with Crippen LogP contribution in [0.3, 0.4) is 0 Å². The Kier molecular flexibility index (Phi) is 7.18. The first kappa shape index (κ1) is 17.5. The van der Waals surface area contributed by atoms with Crippen LogP contribution in [0.4, 0.5) is 4.79 Å². The fourth-order valence-electron chi connectivity index (χ4n) is 1.83. The summed E-state index contributed by atoms with van der Waals surface area (Å²) in [5, 5.41) is 10.9. The van der Waals surface area contributed by atoms with Gasteiger partial charge in [-0.2, -0.15) is 0 Å². The van der Waals surface area contributed by atoms with Gasteiger partial charge in [-0.3, -0.25) is 4.79 Å². The van der Waals surface area contributed by atoms with Gasteiger partial charge in [0.1, 0.15) is 6.54 Å². The first-order valence-corrected chi connectivity index (χ1v) is 7.62. The number of aliphatic carboxylic acids is 1. The molecule has 1 aromatic rings. The molecule has 7 heteroatoms. The van der Waals surface area contributed by atoms with Crippen molar-refractivity contribution in [1.82, 2.24) is 9.80 Å². The highest BCUT2D eigenvalue weighted by Crippen LogP contribution is 2.15. The summed E-state index contributed by atoms with van der Waals surface area (Å²) in [6.45, 7) is 4.56. The fraction of sp³-hybridized carbons (Fsp3) is 0.571. The Labute approximate surface area is 128 Å². The zero-order chi connectivity index (χ0) is 15.8. The lowest BCUT2D eigenvalue weighted by Crippen LogP contribution is -2.48. The molecule has 1 N–H and O–H groups in total. The van der Waals surface area contributed by atoms with E-state index >= 15 is 0 Å². The van der Waals surface area contributed by atoms with Crippen molar-refractivity contribution in [3.8, 4) is 0 Å². The smallest absolute Gasteiger partial charge is 0.323 e. The van der Waals surface area contributed by atoms with Crippen molar-refractivity contribution in [2.45, 2.75) is 26.4 Å². The molecule has 21 heavy (non-hydrogen) atoms. The quantitative estimate of drug-likeness (QED) is 0.798. The standard InChI is InChI=1S/C14H22N2O4S/c1-11(2)16(9-12-5-4-8-21-12)14(19)15(6-7-20-3)10-13(17)18/h4-5,8,11H,6-7,9-10H2,1-3H3,(H,17,18). The summed E-state index contributed by atoms with van der Waals surface area (Å²) >= 11 is 1.58. The molecule has 0 saturated heterocycles. The number of carbonyl (C=O) groups excluding carboxylic acids is 1. The van der Waals surface area contributed by atoms with Gasteiger partial charge in [0, 0.05) is 24.6 Å². The zero-order valence-corrected chi connectivity index (χ0v) is 13.4. The van der Waals surface area contributed by atoms with E-state index in [2.05, 4.69) is 0 Å². The highest BCUT2D eigenvalue weighted by atomic mass is 32.1. The van der Waals surface area contributed by atoms with E-state index in [-0.39, 0.29) is 25.2 Å². The molecule has 0 fully saturated rings. The van der Waals surface area contributed by atoms with E-state index in [1.165, 1.54) is 12.0 Å². The van der Waals surface area contributed by atoms with Gasteiger partial charge in [-0.1, -0.05) is 6.07 Å². The minimum atomic E-state index is -1.03. The minimum absolute atomic E-state index is 0.0153. The lowest BCUT2D eigenvalue weighted by Gasteiger charge is -2.32. The van der Waals surface area contributed by atoms with Gasteiger partial charge in [-0.15, -0.1) is 11.3 Å². The molecular formula is C14H22N2O4S. The molecule has 0 spiro atoms. The van der Waals surface area contributed by atoms with Gasteiger partial charge in [0.2, 0.25) is 0 Å². The first-order valence-electron chi connectivity index (χ1n) is 6.74. The van der Waals surface area contributed by atoms with Gasteiger partial charge in [-0.25, -0.2) is 4.79 Å². The second-order valence-electron chi connectivity index (χ2n) is 4.89. The lowest BCUT2D eigenvalue weighted by atomic mass is 10.3. The number of hydrogen-bond donors (Lipinski definition) is 1. The number of amides is 2. The third-order valence-electron chi connectivity index (χ3n) is 2.94. The molecule has 0 bridgehead atoms. The van der Waals surface area contributed by atoms with Crippen LogP contribution < -0.4 is 0 Å². The number of ether oxygens (including phenoxy) is 1. The van der Waals surface area contributed by atoms with Crippen LogP contribution >= 0.6 is 11.3 Å². The van der Waals surface area contributed by atoms with Crippen LogP contribution in [-0.4, -0.2) is 59.8 Å². The van der Waals surface area contributed by atoms with Gasteiger partial charge in [0.25, 0.3) is 0 Å². The van der Waals surface area contributed by atoms with E-state index in [1.54, 1.807) is 16.2 Å². The molecule has 0 aliphatic rings. The number of carboxylic acids is 1. The number of carbonyl (C=O) groups is 2. The summed E-state index contributed by atoms with van der Waals surface area (Å²) < 4.78 is 4.95. The molecule has 0 aliphatic heterocycles. The van der Waals surface area contributed by atoms with Crippen molar-refractivity contribution in [2.75, 3.05) is 26.8 Å². The molecule has 0 saturated carbocycles. The molecule has 1 aromatic heterocycles. The van der Waals surface area contributed by atoms with Crippen molar-refractivity contribution in [1.29, 1.82) is 0 Å². The zero-order valence-electron chi connectivity index (χ0n) is 12.6. The molecule has 6 nitrogen and oxygen atoms in total. The van der Waals surface area contributed by atoms with Crippen LogP contribution in [0.5, 0.6) is 0 Å². The molecule has 0 atom stereocenters.